The number of ether oxygens (including phenoxy) is 1. The maximum Gasteiger partial charge on any atom is 0.373 e. The van der Waals surface area contributed by atoms with Crippen molar-refractivity contribution in [1.82, 2.24) is 5.32 Å². The van der Waals surface area contributed by atoms with Crippen molar-refractivity contribution < 1.29 is 19.1 Å². The predicted molar refractivity (Wildman–Crippen MR) is 63.1 cm³/mol. The lowest BCUT2D eigenvalue weighted by Gasteiger charge is -2.35. The molecule has 2 atom stereocenters. The smallest absolute Gasteiger partial charge is 0.373 e. The number of aliphatic hydroxyl groups is 1. The fourth-order valence-electron chi connectivity index (χ4n) is 3.12. The van der Waals surface area contributed by atoms with Gasteiger partial charge in [-0.25, -0.2) is 4.79 Å². The molecule has 2 unspecified atom stereocenters. The van der Waals surface area contributed by atoms with Crippen molar-refractivity contribution in [2.24, 2.45) is 0 Å². The molecule has 1 aromatic rings. The predicted octanol–water partition coefficient (Wildman–Crippen LogP) is 1.17. The molecule has 2 aliphatic heterocycles. The molecule has 0 saturated carbocycles. The summed E-state index contributed by atoms with van der Waals surface area (Å²) in [6, 6.07) is 3.93. The number of hydrogen-bond donors (Lipinski definition) is 2. The van der Waals surface area contributed by atoms with E-state index in [4.69, 9.17) is 4.42 Å². The molecule has 3 rings (SSSR count). The van der Waals surface area contributed by atoms with E-state index in [0.717, 1.165) is 12.8 Å². The third-order valence-electron chi connectivity index (χ3n) is 3.95. The van der Waals surface area contributed by atoms with Gasteiger partial charge in [-0.1, -0.05) is 0 Å². The minimum atomic E-state index is -0.955. The molecule has 1 aromatic heterocycles. The van der Waals surface area contributed by atoms with E-state index in [2.05, 4.69) is 10.1 Å². The van der Waals surface area contributed by atoms with Gasteiger partial charge >= 0.3 is 5.97 Å². The first kappa shape index (κ1) is 11.7. The van der Waals surface area contributed by atoms with E-state index in [-0.39, 0.29) is 5.76 Å². The van der Waals surface area contributed by atoms with Gasteiger partial charge in [0.2, 0.25) is 5.76 Å². The lowest BCUT2D eigenvalue weighted by molar-refractivity contribution is -0.0304. The minimum absolute atomic E-state index is 0.145. The summed E-state index contributed by atoms with van der Waals surface area (Å²) in [5, 5.41) is 14.2. The van der Waals surface area contributed by atoms with Gasteiger partial charge in [-0.15, -0.1) is 0 Å². The molecule has 2 saturated heterocycles. The molecule has 0 amide bonds. The second-order valence-corrected chi connectivity index (χ2v) is 5.23. The van der Waals surface area contributed by atoms with Crippen LogP contribution in [-0.4, -0.2) is 30.3 Å². The molecule has 2 bridgehead atoms. The zero-order chi connectivity index (χ0) is 12.8. The van der Waals surface area contributed by atoms with Crippen LogP contribution in [0.15, 0.2) is 16.5 Å². The molecule has 2 N–H and O–H groups in total. The van der Waals surface area contributed by atoms with E-state index >= 15 is 0 Å². The first-order valence-corrected chi connectivity index (χ1v) is 6.28. The van der Waals surface area contributed by atoms with E-state index < -0.39 is 11.6 Å². The van der Waals surface area contributed by atoms with Crippen LogP contribution in [0.3, 0.4) is 0 Å². The Morgan fingerprint density at radius 3 is 2.72 bits per heavy atom. The van der Waals surface area contributed by atoms with Crippen LogP contribution in [0.2, 0.25) is 0 Å². The van der Waals surface area contributed by atoms with E-state index in [1.807, 2.05) is 0 Å². The summed E-state index contributed by atoms with van der Waals surface area (Å²) in [7, 11) is 1.31. The van der Waals surface area contributed by atoms with E-state index in [9.17, 15) is 9.90 Å². The zero-order valence-corrected chi connectivity index (χ0v) is 10.3. The number of nitrogens with one attached hydrogen (secondary N) is 1. The highest BCUT2D eigenvalue weighted by Gasteiger charge is 2.45. The number of piperidine rings is 1. The fraction of sp³-hybridized carbons (Fsp3) is 0.615. The molecule has 3 heterocycles. The third-order valence-corrected chi connectivity index (χ3v) is 3.95. The van der Waals surface area contributed by atoms with Gasteiger partial charge in [-0.3, -0.25) is 0 Å². The topological polar surface area (TPSA) is 71.7 Å². The number of carbonyl (C=O) groups excluding carboxylic acids is 1. The second kappa shape index (κ2) is 4.10. The van der Waals surface area contributed by atoms with Crippen molar-refractivity contribution in [3.8, 4) is 0 Å². The monoisotopic (exact) mass is 251 g/mol. The van der Waals surface area contributed by atoms with Crippen molar-refractivity contribution in [1.29, 1.82) is 0 Å². The van der Waals surface area contributed by atoms with Crippen molar-refractivity contribution in [3.63, 3.8) is 0 Å². The first-order valence-electron chi connectivity index (χ1n) is 6.28. The number of methoxy groups -OCH3 is 1. The number of esters is 1. The standard InChI is InChI=1S/C13H17NO4/c1-17-12(15)10-4-5-11(18-10)13(16)6-8-2-3-9(7-13)14-8/h4-5,8-9,14,16H,2-3,6-7H2,1H3. The van der Waals surface area contributed by atoms with E-state index in [1.54, 1.807) is 12.1 Å². The van der Waals surface area contributed by atoms with Gasteiger partial charge in [0.25, 0.3) is 0 Å². The number of hydrogen-bond acceptors (Lipinski definition) is 5. The Balaban J connectivity index is 1.85. The molecular weight excluding hydrogens is 234 g/mol. The van der Waals surface area contributed by atoms with Gasteiger partial charge in [0.1, 0.15) is 11.4 Å². The SMILES string of the molecule is COC(=O)c1ccc(C2(O)CC3CCC(C2)N3)o1. The van der Waals surface area contributed by atoms with Crippen molar-refractivity contribution in [2.75, 3.05) is 7.11 Å². The van der Waals surface area contributed by atoms with Gasteiger partial charge in [-0.05, 0) is 37.8 Å². The number of fused-ring (bicyclic) bond motifs is 2. The summed E-state index contributed by atoms with van der Waals surface area (Å²) >= 11 is 0. The van der Waals surface area contributed by atoms with Crippen LogP contribution in [0.4, 0.5) is 0 Å². The Bertz CT molecular complexity index is 455. The Morgan fingerprint density at radius 1 is 1.44 bits per heavy atom. The van der Waals surface area contributed by atoms with Gasteiger partial charge in [0.15, 0.2) is 0 Å². The van der Waals surface area contributed by atoms with Crippen LogP contribution in [0.1, 0.15) is 42.0 Å². The van der Waals surface area contributed by atoms with Crippen LogP contribution in [0, 0.1) is 0 Å². The summed E-state index contributed by atoms with van der Waals surface area (Å²) in [5.74, 6) is 0.106. The highest BCUT2D eigenvalue weighted by atomic mass is 16.5. The first-order chi connectivity index (χ1) is 8.60. The van der Waals surface area contributed by atoms with Crippen LogP contribution < -0.4 is 5.32 Å². The molecule has 2 aliphatic rings. The molecule has 2 fully saturated rings. The molecule has 0 aliphatic carbocycles. The van der Waals surface area contributed by atoms with Gasteiger partial charge in [0.05, 0.1) is 7.11 Å². The lowest BCUT2D eigenvalue weighted by atomic mass is 9.85. The Hall–Kier alpha value is -1.33. The summed E-state index contributed by atoms with van der Waals surface area (Å²) < 4.78 is 10.0. The fourth-order valence-corrected chi connectivity index (χ4v) is 3.12. The number of rotatable bonds is 2. The molecule has 0 radical (unpaired) electrons. The van der Waals surface area contributed by atoms with Gasteiger partial charge < -0.3 is 19.6 Å². The average Bonchev–Trinajstić information content (AvgIpc) is 2.96. The second-order valence-electron chi connectivity index (χ2n) is 5.23. The summed E-state index contributed by atoms with van der Waals surface area (Å²) in [5.41, 5.74) is -0.955. The summed E-state index contributed by atoms with van der Waals surface area (Å²) in [6.45, 7) is 0. The van der Waals surface area contributed by atoms with E-state index in [0.29, 0.717) is 30.7 Å². The van der Waals surface area contributed by atoms with Crippen LogP contribution in [-0.2, 0) is 10.3 Å². The highest BCUT2D eigenvalue weighted by Crippen LogP contribution is 2.41. The van der Waals surface area contributed by atoms with Crippen LogP contribution in [0.25, 0.3) is 0 Å². The van der Waals surface area contributed by atoms with E-state index in [1.165, 1.54) is 7.11 Å². The van der Waals surface area contributed by atoms with Crippen molar-refractivity contribution in [3.05, 3.63) is 23.7 Å². The zero-order valence-electron chi connectivity index (χ0n) is 10.3. The third kappa shape index (κ3) is 1.83. The molecule has 0 aromatic carbocycles. The molecule has 5 heteroatoms. The van der Waals surface area contributed by atoms with Crippen molar-refractivity contribution >= 4 is 5.97 Å². The molecule has 5 nitrogen and oxygen atoms in total. The van der Waals surface area contributed by atoms with Gasteiger partial charge in [0, 0.05) is 12.1 Å². The Morgan fingerprint density at radius 2 is 2.11 bits per heavy atom. The Labute approximate surface area is 105 Å². The lowest BCUT2D eigenvalue weighted by Crippen LogP contribution is -2.46. The number of carbonyl (C=O) groups is 1. The summed E-state index contributed by atoms with van der Waals surface area (Å²) in [4.78, 5) is 11.3. The van der Waals surface area contributed by atoms with Crippen LogP contribution >= 0.6 is 0 Å². The average molecular weight is 251 g/mol. The molecular formula is C13H17NO4. The maximum absolute atomic E-state index is 11.3. The largest absolute Gasteiger partial charge is 0.463 e. The highest BCUT2D eigenvalue weighted by molar-refractivity contribution is 5.86. The van der Waals surface area contributed by atoms with Crippen molar-refractivity contribution in [2.45, 2.75) is 43.4 Å². The summed E-state index contributed by atoms with van der Waals surface area (Å²) in [6.07, 6.45) is 3.46. The molecule has 0 spiro atoms. The minimum Gasteiger partial charge on any atom is -0.463 e. The number of furan rings is 1. The maximum atomic E-state index is 11.3. The molecule has 98 valence electrons. The normalized spacial score (nSPS) is 34.6. The van der Waals surface area contributed by atoms with Crippen LogP contribution in [0.5, 0.6) is 0 Å². The Kier molecular flexibility index (Phi) is 2.68. The van der Waals surface area contributed by atoms with Gasteiger partial charge in [-0.2, -0.15) is 0 Å². The quantitative estimate of drug-likeness (QED) is 0.772. The molecule has 18 heavy (non-hydrogen) atoms.